The Morgan fingerprint density at radius 1 is 0.893 bits per heavy atom. The van der Waals surface area contributed by atoms with Crippen LogP contribution in [0.2, 0.25) is 0 Å². The van der Waals surface area contributed by atoms with Gasteiger partial charge in [-0.05, 0) is 49.8 Å². The zero-order valence-corrected chi connectivity index (χ0v) is 16.2. The maximum Gasteiger partial charge on any atom is 0.261 e. The first-order valence-corrected chi connectivity index (χ1v) is 10.3. The molecule has 3 aromatic heterocycles. The van der Waals surface area contributed by atoms with Crippen molar-refractivity contribution >= 4 is 40.4 Å². The van der Waals surface area contributed by atoms with Crippen LogP contribution in [0, 0.1) is 6.92 Å². The van der Waals surface area contributed by atoms with Gasteiger partial charge in [-0.15, -0.1) is 11.8 Å². The van der Waals surface area contributed by atoms with Crippen molar-refractivity contribution in [3.8, 4) is 0 Å². The number of imide groups is 1. The summed E-state index contributed by atoms with van der Waals surface area (Å²) in [6, 6.07) is 13.0. The number of unbranched alkanes of at least 4 members (excludes halogenated alkanes) is 1. The van der Waals surface area contributed by atoms with Crippen LogP contribution in [0.4, 0.5) is 0 Å². The molecule has 0 saturated heterocycles. The maximum absolute atomic E-state index is 12.4. The summed E-state index contributed by atoms with van der Waals surface area (Å²) in [6.07, 6.45) is 1.67. The molecule has 0 radical (unpaired) electrons. The summed E-state index contributed by atoms with van der Waals surface area (Å²) in [5.74, 6) is 0.519. The highest BCUT2D eigenvalue weighted by Crippen LogP contribution is 2.30. The van der Waals surface area contributed by atoms with Gasteiger partial charge in [-0.3, -0.25) is 18.9 Å². The Morgan fingerprint density at radius 2 is 1.57 bits per heavy atom. The van der Waals surface area contributed by atoms with Crippen LogP contribution in [0.25, 0.3) is 16.8 Å². The second-order valence-electron chi connectivity index (χ2n) is 6.90. The molecule has 0 atom stereocenters. The van der Waals surface area contributed by atoms with Gasteiger partial charge in [0.2, 0.25) is 0 Å². The van der Waals surface area contributed by atoms with Gasteiger partial charge in [0.05, 0.1) is 16.8 Å². The number of thioether (sulfide) groups is 1. The van der Waals surface area contributed by atoms with Gasteiger partial charge in [-0.25, -0.2) is 9.97 Å². The number of amides is 2. The van der Waals surface area contributed by atoms with Crippen LogP contribution in [0.1, 0.15) is 39.3 Å². The number of hydrogen-bond acceptors (Lipinski definition) is 5. The molecule has 6 nitrogen and oxygen atoms in total. The first-order valence-electron chi connectivity index (χ1n) is 9.30. The van der Waals surface area contributed by atoms with Gasteiger partial charge in [0.15, 0.2) is 0 Å². The monoisotopic (exact) mass is 390 g/mol. The predicted octanol–water partition coefficient (Wildman–Crippen LogP) is 3.80. The molecular weight excluding hydrogens is 372 g/mol. The van der Waals surface area contributed by atoms with Crippen molar-refractivity contribution in [1.82, 2.24) is 19.3 Å². The summed E-state index contributed by atoms with van der Waals surface area (Å²) in [5, 5.41) is 0.993. The molecule has 28 heavy (non-hydrogen) atoms. The average molecular weight is 390 g/mol. The summed E-state index contributed by atoms with van der Waals surface area (Å²) in [5.41, 5.74) is 4.94. The zero-order chi connectivity index (χ0) is 19.3. The maximum atomic E-state index is 12.4. The lowest BCUT2D eigenvalue weighted by Gasteiger charge is -2.13. The third kappa shape index (κ3) is 2.57. The van der Waals surface area contributed by atoms with Crippen LogP contribution in [-0.4, -0.2) is 43.4 Å². The van der Waals surface area contributed by atoms with Gasteiger partial charge in [0, 0.05) is 6.54 Å². The molecule has 0 saturated carbocycles. The van der Waals surface area contributed by atoms with E-state index in [9.17, 15) is 9.59 Å². The van der Waals surface area contributed by atoms with E-state index < -0.39 is 0 Å². The quantitative estimate of drug-likeness (QED) is 0.285. The van der Waals surface area contributed by atoms with Crippen LogP contribution in [0.3, 0.4) is 0 Å². The van der Waals surface area contributed by atoms with Gasteiger partial charge in [-0.1, -0.05) is 18.2 Å². The number of fused-ring (bicyclic) bond motifs is 1. The van der Waals surface area contributed by atoms with Crippen LogP contribution < -0.4 is 0 Å². The van der Waals surface area contributed by atoms with Crippen molar-refractivity contribution in [3.05, 3.63) is 59.3 Å². The molecule has 140 valence electrons. The van der Waals surface area contributed by atoms with E-state index in [2.05, 4.69) is 9.38 Å². The number of aryl methyl sites for hydroxylation is 1. The number of nitrogens with zero attached hydrogens (tertiary/aromatic N) is 4. The Labute approximate surface area is 165 Å². The SMILES string of the molecule is Cc1nc2cccc3nc(SCCCCN4C(=O)c5ccccc5C4=O)c1n23. The highest BCUT2D eigenvalue weighted by molar-refractivity contribution is 7.99. The molecule has 0 fully saturated rings. The fraction of sp³-hybridized carbons (Fsp3) is 0.238. The van der Waals surface area contributed by atoms with Crippen LogP contribution in [0.5, 0.6) is 0 Å². The third-order valence-electron chi connectivity index (χ3n) is 5.11. The number of hydrogen-bond donors (Lipinski definition) is 0. The number of aromatic nitrogens is 3. The normalized spacial score (nSPS) is 14.0. The van der Waals surface area contributed by atoms with Crippen molar-refractivity contribution < 1.29 is 9.59 Å². The van der Waals surface area contributed by atoms with Crippen LogP contribution in [0.15, 0.2) is 47.5 Å². The fourth-order valence-corrected chi connectivity index (χ4v) is 4.84. The van der Waals surface area contributed by atoms with Crippen LogP contribution in [-0.2, 0) is 0 Å². The summed E-state index contributed by atoms with van der Waals surface area (Å²) in [7, 11) is 0. The van der Waals surface area contributed by atoms with E-state index in [4.69, 9.17) is 4.98 Å². The molecule has 4 aromatic rings. The van der Waals surface area contributed by atoms with Crippen molar-refractivity contribution in [2.75, 3.05) is 12.3 Å². The minimum atomic E-state index is -0.179. The van der Waals surface area contributed by atoms with E-state index in [1.807, 2.05) is 25.1 Å². The predicted molar refractivity (Wildman–Crippen MR) is 108 cm³/mol. The van der Waals surface area contributed by atoms with Crippen molar-refractivity contribution in [3.63, 3.8) is 0 Å². The lowest BCUT2D eigenvalue weighted by atomic mass is 10.1. The van der Waals surface area contributed by atoms with Crippen LogP contribution >= 0.6 is 11.8 Å². The van der Waals surface area contributed by atoms with E-state index >= 15 is 0 Å². The number of pyridine rings is 1. The summed E-state index contributed by atoms with van der Waals surface area (Å²) >= 11 is 1.70. The highest BCUT2D eigenvalue weighted by atomic mass is 32.2. The Balaban J connectivity index is 1.21. The largest absolute Gasteiger partial charge is 0.274 e. The molecule has 4 heterocycles. The van der Waals surface area contributed by atoms with Gasteiger partial charge in [-0.2, -0.15) is 0 Å². The van der Waals surface area contributed by atoms with E-state index in [1.54, 1.807) is 36.0 Å². The number of carbonyl (C=O) groups excluding carboxylic acids is 2. The molecule has 7 heteroatoms. The second kappa shape index (κ2) is 6.60. The fourth-order valence-electron chi connectivity index (χ4n) is 3.77. The topological polar surface area (TPSA) is 67.6 Å². The summed E-state index contributed by atoms with van der Waals surface area (Å²) in [6.45, 7) is 2.46. The molecule has 0 N–H and O–H groups in total. The molecule has 0 unspecified atom stereocenters. The lowest BCUT2D eigenvalue weighted by molar-refractivity contribution is 0.0652. The van der Waals surface area contributed by atoms with E-state index in [1.165, 1.54) is 4.90 Å². The molecule has 1 aliphatic heterocycles. The number of rotatable bonds is 6. The smallest absolute Gasteiger partial charge is 0.261 e. The number of imidazole rings is 2. The Hall–Kier alpha value is -2.93. The van der Waals surface area contributed by atoms with Gasteiger partial charge >= 0.3 is 0 Å². The van der Waals surface area contributed by atoms with Crippen molar-refractivity contribution in [2.24, 2.45) is 0 Å². The third-order valence-corrected chi connectivity index (χ3v) is 6.16. The molecule has 2 amide bonds. The minimum Gasteiger partial charge on any atom is -0.274 e. The van der Waals surface area contributed by atoms with E-state index in [0.29, 0.717) is 17.7 Å². The zero-order valence-electron chi connectivity index (χ0n) is 15.4. The van der Waals surface area contributed by atoms with E-state index in [-0.39, 0.29) is 11.8 Å². The summed E-state index contributed by atoms with van der Waals surface area (Å²) < 4.78 is 2.09. The van der Waals surface area contributed by atoms with Crippen molar-refractivity contribution in [1.29, 1.82) is 0 Å². The van der Waals surface area contributed by atoms with Crippen molar-refractivity contribution in [2.45, 2.75) is 24.8 Å². The Bertz CT molecular complexity index is 1180. The molecule has 0 bridgehead atoms. The standard InChI is InChI=1S/C21H18N4O2S/c1-13-18-19(23-17-10-6-9-16(22-13)25(17)18)28-12-5-4-11-24-20(26)14-7-2-3-8-15(14)21(24)27/h2-3,6-10H,4-5,11-12H2,1H3. The van der Waals surface area contributed by atoms with E-state index in [0.717, 1.165) is 46.1 Å². The first-order chi connectivity index (χ1) is 13.6. The molecule has 5 rings (SSSR count). The Morgan fingerprint density at radius 3 is 2.29 bits per heavy atom. The number of carbonyl (C=O) groups is 2. The lowest BCUT2D eigenvalue weighted by Crippen LogP contribution is -2.30. The molecule has 0 aliphatic carbocycles. The minimum absolute atomic E-state index is 0.179. The summed E-state index contributed by atoms with van der Waals surface area (Å²) in [4.78, 5) is 35.5. The van der Waals surface area contributed by atoms with Gasteiger partial charge in [0.1, 0.15) is 21.8 Å². The first kappa shape index (κ1) is 17.2. The average Bonchev–Trinajstić information content (AvgIpc) is 3.32. The van der Waals surface area contributed by atoms with Gasteiger partial charge < -0.3 is 0 Å². The molecule has 1 aromatic carbocycles. The molecule has 0 spiro atoms. The molecule has 1 aliphatic rings. The van der Waals surface area contributed by atoms with Gasteiger partial charge in [0.25, 0.3) is 11.8 Å². The second-order valence-corrected chi connectivity index (χ2v) is 7.99. The Kier molecular flexibility index (Phi) is 4.05. The number of benzene rings is 1. The highest BCUT2D eigenvalue weighted by Gasteiger charge is 2.34. The molecular formula is C21H18N4O2S.